The second-order valence-electron chi connectivity index (χ2n) is 11.6. The maximum absolute atomic E-state index is 13.8. The fraction of sp³-hybridized carbons (Fsp3) is 0.438. The van der Waals surface area contributed by atoms with E-state index >= 15 is 0 Å². The van der Waals surface area contributed by atoms with Crippen molar-refractivity contribution in [1.82, 2.24) is 0 Å². The van der Waals surface area contributed by atoms with Gasteiger partial charge in [-0.05, 0) is 95.8 Å². The Morgan fingerprint density at radius 3 is 2.26 bits per heavy atom. The van der Waals surface area contributed by atoms with E-state index in [1.54, 1.807) is 12.1 Å². The molecule has 7 nitrogen and oxygen atoms in total. The van der Waals surface area contributed by atoms with E-state index in [4.69, 9.17) is 14.2 Å². The Bertz CT molecular complexity index is 1580. The van der Waals surface area contributed by atoms with Gasteiger partial charge in [-0.2, -0.15) is 26.3 Å². The van der Waals surface area contributed by atoms with Gasteiger partial charge >= 0.3 is 12.4 Å². The summed E-state index contributed by atoms with van der Waals surface area (Å²) in [5.41, 5.74) is -0.655. The van der Waals surface area contributed by atoms with Crippen LogP contribution in [0.4, 0.5) is 32.0 Å². The van der Waals surface area contributed by atoms with Crippen LogP contribution in [0, 0.1) is 21.3 Å². The molecule has 0 saturated carbocycles. The third-order valence-corrected chi connectivity index (χ3v) is 9.46. The van der Waals surface area contributed by atoms with Gasteiger partial charge in [0.15, 0.2) is 11.5 Å². The lowest BCUT2D eigenvalue weighted by molar-refractivity contribution is -0.143. The number of anilines is 1. The van der Waals surface area contributed by atoms with E-state index < -0.39 is 64.8 Å². The van der Waals surface area contributed by atoms with Crippen LogP contribution < -0.4 is 9.64 Å². The Kier molecular flexibility index (Phi) is 9.55. The summed E-state index contributed by atoms with van der Waals surface area (Å²) in [6.07, 6.45) is -7.60. The number of hydrogen-bond acceptors (Lipinski definition) is 6. The van der Waals surface area contributed by atoms with Gasteiger partial charge in [-0.25, -0.2) is 4.90 Å². The van der Waals surface area contributed by atoms with Crippen LogP contribution in [0.3, 0.4) is 0 Å². The molecule has 2 aromatic carbocycles. The van der Waals surface area contributed by atoms with Gasteiger partial charge in [-0.15, -0.1) is 0 Å². The molecule has 248 valence electrons. The summed E-state index contributed by atoms with van der Waals surface area (Å²) < 4.78 is 98.8. The summed E-state index contributed by atoms with van der Waals surface area (Å²) in [6.45, 7) is 2.12. The van der Waals surface area contributed by atoms with Crippen LogP contribution in [0.15, 0.2) is 47.1 Å². The van der Waals surface area contributed by atoms with Gasteiger partial charge in [-0.1, -0.05) is 11.6 Å². The highest BCUT2D eigenvalue weighted by atomic mass is 127. The summed E-state index contributed by atoms with van der Waals surface area (Å²) >= 11 is 2.01. The number of halogens is 7. The molecule has 46 heavy (non-hydrogen) atoms. The molecular weight excluding hydrogens is 735 g/mol. The van der Waals surface area contributed by atoms with E-state index in [1.807, 2.05) is 35.6 Å². The normalized spacial score (nSPS) is 23.7. The quantitative estimate of drug-likeness (QED) is 0.131. The van der Waals surface area contributed by atoms with Gasteiger partial charge in [0.1, 0.15) is 0 Å². The zero-order valence-electron chi connectivity index (χ0n) is 24.9. The molecule has 0 aromatic heterocycles. The number of phenolic OH excluding ortho intramolecular Hbond substituents is 1. The topological polar surface area (TPSA) is 85.3 Å². The smallest absolute Gasteiger partial charge is 0.416 e. The molecule has 2 heterocycles. The number of benzene rings is 2. The van der Waals surface area contributed by atoms with Crippen molar-refractivity contribution in [3.8, 4) is 11.5 Å². The van der Waals surface area contributed by atoms with Gasteiger partial charge in [0.25, 0.3) is 0 Å². The highest BCUT2D eigenvalue weighted by molar-refractivity contribution is 14.1. The predicted molar refractivity (Wildman–Crippen MR) is 163 cm³/mol. The molecule has 14 heteroatoms. The van der Waals surface area contributed by atoms with Crippen molar-refractivity contribution >= 4 is 46.2 Å². The number of ether oxygens (including phenoxy) is 3. The Labute approximate surface area is 274 Å². The molecule has 5 rings (SSSR count). The number of carbonyl (C=O) groups excluding carboxylic acids is 2. The van der Waals surface area contributed by atoms with Crippen molar-refractivity contribution in [2.75, 3.05) is 32.3 Å². The van der Waals surface area contributed by atoms with Crippen LogP contribution in [-0.2, 0) is 31.4 Å². The van der Waals surface area contributed by atoms with Crippen LogP contribution >= 0.6 is 22.6 Å². The summed E-state index contributed by atoms with van der Waals surface area (Å²) in [5, 5.41) is 10.1. The van der Waals surface area contributed by atoms with Crippen molar-refractivity contribution in [2.45, 2.75) is 44.6 Å². The van der Waals surface area contributed by atoms with Gasteiger partial charge in [0, 0.05) is 13.0 Å². The summed E-state index contributed by atoms with van der Waals surface area (Å²) in [6, 6.07) is 4.28. The Balaban J connectivity index is 1.42. The minimum Gasteiger partial charge on any atom is -0.504 e. The molecule has 2 aromatic rings. The van der Waals surface area contributed by atoms with Gasteiger partial charge in [0.05, 0.1) is 58.6 Å². The zero-order valence-corrected chi connectivity index (χ0v) is 27.0. The van der Waals surface area contributed by atoms with Crippen molar-refractivity contribution in [1.29, 1.82) is 0 Å². The van der Waals surface area contributed by atoms with Gasteiger partial charge < -0.3 is 19.3 Å². The number of nitrogens with zero attached hydrogens (tertiary/aromatic N) is 1. The molecule has 2 saturated heterocycles. The fourth-order valence-corrected chi connectivity index (χ4v) is 7.28. The predicted octanol–water partition coefficient (Wildman–Crippen LogP) is 7.39. The van der Waals surface area contributed by atoms with E-state index in [1.165, 1.54) is 14.2 Å². The summed E-state index contributed by atoms with van der Waals surface area (Å²) in [5.74, 6) is -3.89. The standard InChI is InChI=1S/C32H30F6INO6/c1-15(6-16-7-23(39)28(41)25(8-16)45-3)4-5-24-26-17(13-44-2)9-21-27(22(26)14-46-24)30(43)40(29(21)42)20-11-18(31(33,34)35)10-19(12-20)32(36,37)38/h6-8,10-12,21-22,24,27,41H,4-5,9,13-14H2,1-3H3/b15-6+/t21-,22+,24-,27-/m1/s1. The molecular formula is C32H30F6INO6. The average molecular weight is 765 g/mol. The second-order valence-corrected chi connectivity index (χ2v) is 12.8. The van der Waals surface area contributed by atoms with E-state index in [0.29, 0.717) is 39.2 Å². The number of amides is 2. The van der Waals surface area contributed by atoms with Crippen molar-refractivity contribution in [2.24, 2.45) is 17.8 Å². The van der Waals surface area contributed by atoms with Crippen LogP contribution in [0.1, 0.15) is 42.9 Å². The number of imide groups is 1. The lowest BCUT2D eigenvalue weighted by atomic mass is 9.69. The third-order valence-electron chi connectivity index (χ3n) is 8.64. The lowest BCUT2D eigenvalue weighted by Crippen LogP contribution is -2.35. The summed E-state index contributed by atoms with van der Waals surface area (Å²) in [4.78, 5) is 27.8. The van der Waals surface area contributed by atoms with Crippen LogP contribution in [0.2, 0.25) is 0 Å². The van der Waals surface area contributed by atoms with E-state index in [0.717, 1.165) is 22.3 Å². The zero-order chi connectivity index (χ0) is 33.7. The Morgan fingerprint density at radius 2 is 1.67 bits per heavy atom. The molecule has 4 atom stereocenters. The minimum atomic E-state index is -5.14. The molecule has 0 unspecified atom stereocenters. The van der Waals surface area contributed by atoms with E-state index in [-0.39, 0.29) is 31.5 Å². The third kappa shape index (κ3) is 6.52. The number of allylic oxidation sites excluding steroid dienone is 1. The first kappa shape index (κ1) is 34.2. The number of carbonyl (C=O) groups is 2. The number of rotatable bonds is 8. The highest BCUT2D eigenvalue weighted by Crippen LogP contribution is 2.51. The number of phenols is 1. The SMILES string of the molecule is COCC1=C2[C@@H](CC/C(C)=C/c3cc(I)c(O)c(OC)c3)OC[C@@H]2[C@@H]2C(=O)N(c3cc(C(F)(F)F)cc(C(F)(F)F)c3)C(=O)[C@@H]2C1. The van der Waals surface area contributed by atoms with Crippen LogP contribution in [-0.4, -0.2) is 50.5 Å². The number of methoxy groups -OCH3 is 2. The van der Waals surface area contributed by atoms with E-state index in [9.17, 15) is 41.0 Å². The average Bonchev–Trinajstić information content (AvgIpc) is 3.51. The Hall–Kier alpha value is -3.11. The minimum absolute atomic E-state index is 0.0390. The molecule has 2 aliphatic heterocycles. The van der Waals surface area contributed by atoms with Gasteiger partial charge in [0.2, 0.25) is 11.8 Å². The molecule has 0 spiro atoms. The molecule has 0 bridgehead atoms. The summed E-state index contributed by atoms with van der Waals surface area (Å²) in [7, 11) is 2.93. The number of fused-ring (bicyclic) bond motifs is 3. The monoisotopic (exact) mass is 765 g/mol. The fourth-order valence-electron chi connectivity index (χ4n) is 6.65. The van der Waals surface area contributed by atoms with Crippen molar-refractivity contribution in [3.05, 3.63) is 67.3 Å². The highest BCUT2D eigenvalue weighted by Gasteiger charge is 2.57. The molecule has 3 aliphatic rings. The lowest BCUT2D eigenvalue weighted by Gasteiger charge is -2.31. The maximum atomic E-state index is 13.8. The van der Waals surface area contributed by atoms with E-state index in [2.05, 4.69) is 0 Å². The largest absolute Gasteiger partial charge is 0.504 e. The molecule has 1 aliphatic carbocycles. The molecule has 2 amide bonds. The Morgan fingerprint density at radius 1 is 1.02 bits per heavy atom. The first-order valence-electron chi connectivity index (χ1n) is 14.3. The van der Waals surface area contributed by atoms with Gasteiger partial charge in [-0.3, -0.25) is 9.59 Å². The molecule has 0 radical (unpaired) electrons. The first-order valence-corrected chi connectivity index (χ1v) is 15.4. The van der Waals surface area contributed by atoms with Crippen molar-refractivity contribution in [3.63, 3.8) is 0 Å². The molecule has 1 N–H and O–H groups in total. The number of hydrogen-bond donors (Lipinski definition) is 1. The first-order chi connectivity index (χ1) is 21.5. The second kappa shape index (κ2) is 12.8. The number of alkyl halides is 6. The molecule has 2 fully saturated rings. The number of aromatic hydroxyl groups is 1. The maximum Gasteiger partial charge on any atom is 0.416 e. The van der Waals surface area contributed by atoms with Crippen molar-refractivity contribution < 1.29 is 55.2 Å². The van der Waals surface area contributed by atoms with Crippen LogP contribution in [0.5, 0.6) is 11.5 Å². The van der Waals surface area contributed by atoms with Crippen LogP contribution in [0.25, 0.3) is 6.08 Å².